The highest BCUT2D eigenvalue weighted by Crippen LogP contribution is 2.39. The van der Waals surface area contributed by atoms with Crippen LogP contribution in [0.2, 0.25) is 0 Å². The van der Waals surface area contributed by atoms with E-state index < -0.39 is 0 Å². The first-order valence-corrected chi connectivity index (χ1v) is 12.0. The molecule has 1 aliphatic carbocycles. The van der Waals surface area contributed by atoms with E-state index in [4.69, 9.17) is 14.2 Å². The molecular weight excluding hydrogens is 414 g/mol. The molecule has 170 valence electrons. The highest BCUT2D eigenvalue weighted by Gasteiger charge is 2.28. The number of thioether (sulfide) groups is 1. The highest BCUT2D eigenvalue weighted by atomic mass is 32.2. The molecule has 1 aromatic carbocycles. The molecule has 1 atom stereocenters. The summed E-state index contributed by atoms with van der Waals surface area (Å²) in [5, 5.41) is 9.58. The van der Waals surface area contributed by atoms with Crippen LogP contribution in [0.5, 0.6) is 11.5 Å². The molecule has 7 nitrogen and oxygen atoms in total. The number of hydrogen-bond acceptors (Lipinski definition) is 7. The lowest BCUT2D eigenvalue weighted by atomic mass is 9.95. The number of methoxy groups -OCH3 is 2. The molecule has 0 N–H and O–H groups in total. The Hall–Kier alpha value is -2.22. The summed E-state index contributed by atoms with van der Waals surface area (Å²) in [5.41, 5.74) is 0.893. The van der Waals surface area contributed by atoms with Gasteiger partial charge in [0, 0.05) is 17.7 Å². The number of hydrogen-bond donors (Lipinski definition) is 0. The zero-order valence-electron chi connectivity index (χ0n) is 18.9. The predicted octanol–water partition coefficient (Wildman–Crippen LogP) is 5.29. The van der Waals surface area contributed by atoms with Crippen molar-refractivity contribution < 1.29 is 19.0 Å². The zero-order chi connectivity index (χ0) is 22.2. The van der Waals surface area contributed by atoms with Crippen LogP contribution in [-0.2, 0) is 9.53 Å². The number of esters is 1. The number of benzene rings is 1. The van der Waals surface area contributed by atoms with Crippen molar-refractivity contribution in [1.29, 1.82) is 0 Å². The Bertz CT molecular complexity index is 842. The molecule has 8 heteroatoms. The summed E-state index contributed by atoms with van der Waals surface area (Å²) in [6.07, 6.45) is 7.42. The maximum Gasteiger partial charge on any atom is 0.319 e. The Morgan fingerprint density at radius 1 is 1.10 bits per heavy atom. The van der Waals surface area contributed by atoms with Crippen molar-refractivity contribution in [2.75, 3.05) is 20.8 Å². The van der Waals surface area contributed by atoms with Gasteiger partial charge in [-0.15, -0.1) is 10.2 Å². The van der Waals surface area contributed by atoms with Crippen LogP contribution >= 0.6 is 11.8 Å². The number of nitrogens with zero attached hydrogens (tertiary/aromatic N) is 3. The molecule has 0 aliphatic heterocycles. The number of carbonyl (C=O) groups is 1. The van der Waals surface area contributed by atoms with Gasteiger partial charge in [0.25, 0.3) is 0 Å². The number of rotatable bonds is 10. The van der Waals surface area contributed by atoms with Gasteiger partial charge < -0.3 is 14.2 Å². The van der Waals surface area contributed by atoms with Crippen molar-refractivity contribution in [1.82, 2.24) is 14.8 Å². The quantitative estimate of drug-likeness (QED) is 0.362. The van der Waals surface area contributed by atoms with Gasteiger partial charge in [0.2, 0.25) is 0 Å². The van der Waals surface area contributed by atoms with Crippen LogP contribution in [0.4, 0.5) is 0 Å². The van der Waals surface area contributed by atoms with Crippen LogP contribution in [-0.4, -0.2) is 46.8 Å². The third-order valence-corrected chi connectivity index (χ3v) is 6.76. The minimum atomic E-state index is -0.288. The fourth-order valence-electron chi connectivity index (χ4n) is 4.01. The van der Waals surface area contributed by atoms with Crippen molar-refractivity contribution in [3.63, 3.8) is 0 Å². The lowest BCUT2D eigenvalue weighted by Gasteiger charge is -2.26. The van der Waals surface area contributed by atoms with E-state index in [0.29, 0.717) is 24.1 Å². The Morgan fingerprint density at radius 2 is 1.77 bits per heavy atom. The standard InChI is InChI=1S/C23H33N3O4S/c1-5-10-20(22(27)30-6-2)31-23-25-24-21(26(23)17-11-8-7-9-12-17)16-13-18(28-3)15-19(14-16)29-4/h13-15,17,20H,5-12H2,1-4H3. The second-order valence-electron chi connectivity index (χ2n) is 7.72. The number of ether oxygens (including phenoxy) is 3. The summed E-state index contributed by atoms with van der Waals surface area (Å²) in [7, 11) is 3.28. The maximum atomic E-state index is 12.5. The molecule has 1 fully saturated rings. The van der Waals surface area contributed by atoms with Crippen molar-refractivity contribution in [3.05, 3.63) is 18.2 Å². The Kier molecular flexibility index (Phi) is 8.63. The van der Waals surface area contributed by atoms with Crippen molar-refractivity contribution in [3.8, 4) is 22.9 Å². The van der Waals surface area contributed by atoms with E-state index in [2.05, 4.69) is 21.7 Å². The molecule has 31 heavy (non-hydrogen) atoms. The normalized spacial score (nSPS) is 15.5. The molecule has 0 amide bonds. The van der Waals surface area contributed by atoms with E-state index in [1.165, 1.54) is 31.0 Å². The molecule has 1 aliphatic rings. The summed E-state index contributed by atoms with van der Waals surface area (Å²) >= 11 is 1.47. The molecule has 1 saturated carbocycles. The van der Waals surface area contributed by atoms with Crippen LogP contribution in [0, 0.1) is 0 Å². The average Bonchev–Trinajstić information content (AvgIpc) is 3.22. The second-order valence-corrected chi connectivity index (χ2v) is 8.89. The van der Waals surface area contributed by atoms with Gasteiger partial charge in [-0.2, -0.15) is 0 Å². The molecule has 2 aromatic rings. The lowest BCUT2D eigenvalue weighted by Crippen LogP contribution is -2.22. The Balaban J connectivity index is 2.03. The third kappa shape index (κ3) is 5.73. The molecule has 0 saturated heterocycles. The van der Waals surface area contributed by atoms with Crippen LogP contribution in [0.3, 0.4) is 0 Å². The minimum Gasteiger partial charge on any atom is -0.497 e. The van der Waals surface area contributed by atoms with Gasteiger partial charge in [0.05, 0.1) is 20.8 Å². The third-order valence-electron chi connectivity index (χ3n) is 5.56. The highest BCUT2D eigenvalue weighted by molar-refractivity contribution is 8.00. The molecule has 0 spiro atoms. The topological polar surface area (TPSA) is 75.5 Å². The average molecular weight is 448 g/mol. The molecule has 1 heterocycles. The van der Waals surface area contributed by atoms with E-state index in [0.717, 1.165) is 42.2 Å². The molecule has 1 unspecified atom stereocenters. The fourth-order valence-corrected chi connectivity index (χ4v) is 5.22. The summed E-state index contributed by atoms with van der Waals surface area (Å²) in [5.74, 6) is 2.01. The molecule has 3 rings (SSSR count). The fraction of sp³-hybridized carbons (Fsp3) is 0.609. The summed E-state index contributed by atoms with van der Waals surface area (Å²) < 4.78 is 18.5. The van der Waals surface area contributed by atoms with E-state index >= 15 is 0 Å². The van der Waals surface area contributed by atoms with Crippen LogP contribution in [0.15, 0.2) is 23.4 Å². The van der Waals surface area contributed by atoms with Crippen LogP contribution in [0.25, 0.3) is 11.4 Å². The monoisotopic (exact) mass is 447 g/mol. The van der Waals surface area contributed by atoms with Gasteiger partial charge in [-0.1, -0.05) is 44.4 Å². The van der Waals surface area contributed by atoms with Crippen molar-refractivity contribution in [2.24, 2.45) is 0 Å². The number of carbonyl (C=O) groups excluding carboxylic acids is 1. The summed E-state index contributed by atoms with van der Waals surface area (Å²) in [4.78, 5) is 12.5. The van der Waals surface area contributed by atoms with Crippen LogP contribution < -0.4 is 9.47 Å². The number of aromatic nitrogens is 3. The first kappa shape index (κ1) is 23.4. The minimum absolute atomic E-state index is 0.183. The lowest BCUT2D eigenvalue weighted by molar-refractivity contribution is -0.142. The largest absolute Gasteiger partial charge is 0.497 e. The summed E-state index contributed by atoms with van der Waals surface area (Å²) in [6.45, 7) is 4.29. The Labute approximate surface area is 188 Å². The predicted molar refractivity (Wildman–Crippen MR) is 122 cm³/mol. The SMILES string of the molecule is CCCC(Sc1nnc(-c2cc(OC)cc(OC)c2)n1C1CCCCC1)C(=O)OCC. The van der Waals surface area contributed by atoms with Crippen molar-refractivity contribution >= 4 is 17.7 Å². The van der Waals surface area contributed by atoms with E-state index in [1.807, 2.05) is 25.1 Å². The van der Waals surface area contributed by atoms with Gasteiger partial charge in [-0.3, -0.25) is 9.36 Å². The van der Waals surface area contributed by atoms with Gasteiger partial charge in [0.1, 0.15) is 16.7 Å². The first-order valence-electron chi connectivity index (χ1n) is 11.1. The molecular formula is C23H33N3O4S. The Morgan fingerprint density at radius 3 is 2.35 bits per heavy atom. The maximum absolute atomic E-state index is 12.5. The van der Waals surface area contributed by atoms with Crippen LogP contribution in [0.1, 0.15) is 64.8 Å². The van der Waals surface area contributed by atoms with E-state index in [-0.39, 0.29) is 11.2 Å². The molecule has 1 aromatic heterocycles. The first-order chi connectivity index (χ1) is 15.1. The second kappa shape index (κ2) is 11.4. The van der Waals surface area contributed by atoms with Gasteiger partial charge in [-0.25, -0.2) is 0 Å². The summed E-state index contributed by atoms with van der Waals surface area (Å²) in [6, 6.07) is 6.06. The van der Waals surface area contributed by atoms with Crippen molar-refractivity contribution in [2.45, 2.75) is 75.2 Å². The van der Waals surface area contributed by atoms with E-state index in [9.17, 15) is 4.79 Å². The van der Waals surface area contributed by atoms with E-state index in [1.54, 1.807) is 14.2 Å². The van der Waals surface area contributed by atoms with Gasteiger partial charge >= 0.3 is 5.97 Å². The zero-order valence-corrected chi connectivity index (χ0v) is 19.7. The smallest absolute Gasteiger partial charge is 0.319 e. The molecule has 0 radical (unpaired) electrons. The van der Waals surface area contributed by atoms with Gasteiger partial charge in [0.15, 0.2) is 11.0 Å². The van der Waals surface area contributed by atoms with Gasteiger partial charge in [-0.05, 0) is 38.3 Å². The molecule has 0 bridgehead atoms.